The molecule has 1 saturated heterocycles. The van der Waals surface area contributed by atoms with Crippen molar-refractivity contribution in [1.82, 2.24) is 24.8 Å². The SMILES string of the molecule is Cc1ccc(C2=C(N3CCN(c4ncccn4)CC3)C(=O)N(Cc3ccncc3)C2=O)c(C)c1. The fourth-order valence-electron chi connectivity index (χ4n) is 4.59. The number of aromatic nitrogens is 3. The highest BCUT2D eigenvalue weighted by molar-refractivity contribution is 6.35. The molecular formula is C26H26N6O2. The van der Waals surface area contributed by atoms with Crippen LogP contribution in [0.15, 0.2) is 66.9 Å². The van der Waals surface area contributed by atoms with Gasteiger partial charge in [-0.3, -0.25) is 19.5 Å². The topological polar surface area (TPSA) is 82.5 Å². The molecule has 2 amide bonds. The second-order valence-electron chi connectivity index (χ2n) is 8.62. The van der Waals surface area contributed by atoms with Crippen molar-refractivity contribution in [3.63, 3.8) is 0 Å². The second kappa shape index (κ2) is 9.05. The molecule has 0 atom stereocenters. The number of pyridine rings is 1. The van der Waals surface area contributed by atoms with E-state index in [9.17, 15) is 9.59 Å². The maximum absolute atomic E-state index is 13.7. The minimum atomic E-state index is -0.252. The van der Waals surface area contributed by atoms with E-state index in [4.69, 9.17) is 0 Å². The Morgan fingerprint density at radius 3 is 2.18 bits per heavy atom. The number of anilines is 1. The second-order valence-corrected chi connectivity index (χ2v) is 8.62. The van der Waals surface area contributed by atoms with Crippen LogP contribution in [-0.4, -0.2) is 62.7 Å². The molecule has 172 valence electrons. The number of carbonyl (C=O) groups is 2. The van der Waals surface area contributed by atoms with Gasteiger partial charge >= 0.3 is 0 Å². The van der Waals surface area contributed by atoms with Crippen molar-refractivity contribution in [1.29, 1.82) is 0 Å². The van der Waals surface area contributed by atoms with E-state index >= 15 is 0 Å². The predicted molar refractivity (Wildman–Crippen MR) is 128 cm³/mol. The number of benzene rings is 1. The average Bonchev–Trinajstić information content (AvgIpc) is 3.10. The Hall–Kier alpha value is -4.07. The number of carbonyl (C=O) groups excluding carboxylic acids is 2. The van der Waals surface area contributed by atoms with Crippen molar-refractivity contribution in [2.75, 3.05) is 31.1 Å². The lowest BCUT2D eigenvalue weighted by molar-refractivity contribution is -0.138. The number of nitrogens with zero attached hydrogens (tertiary/aromatic N) is 6. The van der Waals surface area contributed by atoms with Gasteiger partial charge in [-0.05, 0) is 48.7 Å². The highest BCUT2D eigenvalue weighted by Gasteiger charge is 2.42. The predicted octanol–water partition coefficient (Wildman–Crippen LogP) is 2.59. The Balaban J connectivity index is 1.48. The molecule has 34 heavy (non-hydrogen) atoms. The Morgan fingerprint density at radius 1 is 0.824 bits per heavy atom. The molecule has 1 fully saturated rings. The zero-order chi connectivity index (χ0) is 23.7. The summed E-state index contributed by atoms with van der Waals surface area (Å²) in [4.78, 5) is 45.6. The monoisotopic (exact) mass is 454 g/mol. The van der Waals surface area contributed by atoms with Gasteiger partial charge in [-0.15, -0.1) is 0 Å². The highest BCUT2D eigenvalue weighted by Crippen LogP contribution is 2.35. The molecule has 0 spiro atoms. The van der Waals surface area contributed by atoms with Gasteiger partial charge in [0.15, 0.2) is 0 Å². The molecule has 2 aromatic heterocycles. The quantitative estimate of drug-likeness (QED) is 0.548. The van der Waals surface area contributed by atoms with Gasteiger partial charge in [0.1, 0.15) is 5.70 Å². The normalized spacial score (nSPS) is 16.6. The molecule has 0 unspecified atom stereocenters. The lowest BCUT2D eigenvalue weighted by atomic mass is 9.97. The van der Waals surface area contributed by atoms with Gasteiger partial charge in [0.05, 0.1) is 12.1 Å². The molecule has 0 bridgehead atoms. The number of hydrogen-bond donors (Lipinski definition) is 0. The Bertz CT molecular complexity index is 1250. The van der Waals surface area contributed by atoms with Crippen LogP contribution in [0, 0.1) is 13.8 Å². The van der Waals surface area contributed by atoms with E-state index in [-0.39, 0.29) is 18.4 Å². The van der Waals surface area contributed by atoms with Crippen molar-refractivity contribution in [2.45, 2.75) is 20.4 Å². The molecular weight excluding hydrogens is 428 g/mol. The van der Waals surface area contributed by atoms with Crippen molar-refractivity contribution in [3.8, 4) is 0 Å². The molecule has 1 aromatic carbocycles. The summed E-state index contributed by atoms with van der Waals surface area (Å²) >= 11 is 0. The number of amides is 2. The minimum absolute atomic E-state index is 0.218. The standard InChI is InChI=1S/C26H26N6O2/c1-18-4-5-21(19(2)16-18)22-23(25(34)32(24(22)33)17-20-6-10-27-11-7-20)30-12-14-31(15-13-30)26-28-8-3-9-29-26/h3-11,16H,12-15,17H2,1-2H3. The number of aryl methyl sites for hydroxylation is 2. The number of imide groups is 1. The van der Waals surface area contributed by atoms with Crippen LogP contribution in [0.2, 0.25) is 0 Å². The van der Waals surface area contributed by atoms with Gasteiger partial charge < -0.3 is 9.80 Å². The first-order valence-corrected chi connectivity index (χ1v) is 11.4. The number of piperazine rings is 1. The summed E-state index contributed by atoms with van der Waals surface area (Å²) < 4.78 is 0. The zero-order valence-electron chi connectivity index (χ0n) is 19.3. The molecule has 0 N–H and O–H groups in total. The molecule has 0 aliphatic carbocycles. The van der Waals surface area contributed by atoms with Crippen LogP contribution in [0.5, 0.6) is 0 Å². The molecule has 3 aromatic rings. The van der Waals surface area contributed by atoms with Crippen molar-refractivity contribution >= 4 is 23.3 Å². The van der Waals surface area contributed by atoms with E-state index in [2.05, 4.69) is 19.9 Å². The summed E-state index contributed by atoms with van der Waals surface area (Å²) in [6.07, 6.45) is 6.80. The number of rotatable bonds is 5. The van der Waals surface area contributed by atoms with E-state index in [0.29, 0.717) is 43.4 Å². The van der Waals surface area contributed by atoms with Crippen molar-refractivity contribution in [2.24, 2.45) is 0 Å². The van der Waals surface area contributed by atoms with Crippen LogP contribution in [-0.2, 0) is 16.1 Å². The van der Waals surface area contributed by atoms with Gasteiger partial charge in [-0.1, -0.05) is 23.8 Å². The van der Waals surface area contributed by atoms with Gasteiger partial charge in [0.2, 0.25) is 5.95 Å². The third-order valence-corrected chi connectivity index (χ3v) is 6.32. The molecule has 5 rings (SSSR count). The fraction of sp³-hybridized carbons (Fsp3) is 0.269. The Kier molecular flexibility index (Phi) is 5.79. The van der Waals surface area contributed by atoms with E-state index < -0.39 is 0 Å². The summed E-state index contributed by atoms with van der Waals surface area (Å²) in [6.45, 7) is 6.76. The summed E-state index contributed by atoms with van der Waals surface area (Å²) in [6, 6.07) is 11.4. The van der Waals surface area contributed by atoms with Crippen LogP contribution in [0.4, 0.5) is 5.95 Å². The lowest BCUT2D eigenvalue weighted by Crippen LogP contribution is -2.48. The minimum Gasteiger partial charge on any atom is -0.363 e. The molecule has 8 heteroatoms. The molecule has 2 aliphatic heterocycles. The zero-order valence-corrected chi connectivity index (χ0v) is 19.3. The van der Waals surface area contributed by atoms with Crippen LogP contribution >= 0.6 is 0 Å². The fourth-order valence-corrected chi connectivity index (χ4v) is 4.59. The van der Waals surface area contributed by atoms with Crippen LogP contribution in [0.3, 0.4) is 0 Å². The van der Waals surface area contributed by atoms with E-state index in [1.807, 2.05) is 49.1 Å². The van der Waals surface area contributed by atoms with Crippen LogP contribution < -0.4 is 4.90 Å². The molecule has 8 nitrogen and oxygen atoms in total. The average molecular weight is 455 g/mol. The Morgan fingerprint density at radius 2 is 1.50 bits per heavy atom. The van der Waals surface area contributed by atoms with Crippen LogP contribution in [0.1, 0.15) is 22.3 Å². The largest absolute Gasteiger partial charge is 0.363 e. The first-order valence-electron chi connectivity index (χ1n) is 11.4. The third-order valence-electron chi connectivity index (χ3n) is 6.32. The smallest absolute Gasteiger partial charge is 0.278 e. The lowest BCUT2D eigenvalue weighted by Gasteiger charge is -2.36. The maximum atomic E-state index is 13.7. The van der Waals surface area contributed by atoms with E-state index in [0.717, 1.165) is 22.3 Å². The highest BCUT2D eigenvalue weighted by atomic mass is 16.2. The van der Waals surface area contributed by atoms with E-state index in [1.54, 1.807) is 30.9 Å². The van der Waals surface area contributed by atoms with Crippen LogP contribution in [0.25, 0.3) is 5.57 Å². The van der Waals surface area contributed by atoms with Gasteiger partial charge in [-0.2, -0.15) is 0 Å². The third kappa shape index (κ3) is 4.03. The van der Waals surface area contributed by atoms with Gasteiger partial charge in [0, 0.05) is 51.0 Å². The van der Waals surface area contributed by atoms with Crippen molar-refractivity contribution in [3.05, 3.63) is 89.1 Å². The maximum Gasteiger partial charge on any atom is 0.278 e. The van der Waals surface area contributed by atoms with Gasteiger partial charge in [-0.25, -0.2) is 9.97 Å². The summed E-state index contributed by atoms with van der Waals surface area (Å²) in [5.74, 6) is 0.178. The first-order chi connectivity index (χ1) is 16.5. The molecule has 0 radical (unpaired) electrons. The number of hydrogen-bond acceptors (Lipinski definition) is 7. The molecule has 2 aliphatic rings. The van der Waals surface area contributed by atoms with E-state index in [1.165, 1.54) is 4.90 Å². The first kappa shape index (κ1) is 21.8. The summed E-state index contributed by atoms with van der Waals surface area (Å²) in [7, 11) is 0. The van der Waals surface area contributed by atoms with Crippen molar-refractivity contribution < 1.29 is 9.59 Å². The molecule has 4 heterocycles. The van der Waals surface area contributed by atoms with Gasteiger partial charge in [0.25, 0.3) is 11.8 Å². The Labute approximate surface area is 198 Å². The summed E-state index contributed by atoms with van der Waals surface area (Å²) in [5, 5.41) is 0. The summed E-state index contributed by atoms with van der Waals surface area (Å²) in [5.41, 5.74) is 4.75. The molecule has 0 saturated carbocycles.